The molecule has 5 heteroatoms. The number of rotatable bonds is 5. The Bertz CT molecular complexity index is 1100. The average molecular weight is 384 g/mol. The summed E-state index contributed by atoms with van der Waals surface area (Å²) < 4.78 is 13.4. The molecule has 4 nitrogen and oxygen atoms in total. The molecule has 2 aromatic heterocycles. The molecule has 144 valence electrons. The highest BCUT2D eigenvalue weighted by Crippen LogP contribution is 2.28. The van der Waals surface area contributed by atoms with Crippen molar-refractivity contribution >= 4 is 0 Å². The molecule has 1 fully saturated rings. The van der Waals surface area contributed by atoms with E-state index in [1.807, 2.05) is 30.5 Å². The molecule has 1 N–H and O–H groups in total. The summed E-state index contributed by atoms with van der Waals surface area (Å²) in [4.78, 5) is 15.0. The van der Waals surface area contributed by atoms with Gasteiger partial charge in [0.2, 0.25) is 0 Å². The maximum Gasteiger partial charge on any atom is 0.123 e. The monoisotopic (exact) mass is 384 g/mol. The second-order valence-corrected chi connectivity index (χ2v) is 7.50. The number of benzene rings is 2. The molecule has 3 heterocycles. The van der Waals surface area contributed by atoms with Crippen molar-refractivity contribution in [3.8, 4) is 22.5 Å². The summed E-state index contributed by atoms with van der Waals surface area (Å²) in [5.41, 5.74) is 4.80. The van der Waals surface area contributed by atoms with E-state index in [2.05, 4.69) is 44.1 Å². The summed E-state index contributed by atoms with van der Waals surface area (Å²) in [6.07, 6.45) is 3.67. The van der Waals surface area contributed by atoms with Gasteiger partial charge in [0.25, 0.3) is 0 Å². The zero-order valence-electron chi connectivity index (χ0n) is 15.9. The fourth-order valence-electron chi connectivity index (χ4n) is 3.78. The van der Waals surface area contributed by atoms with Gasteiger partial charge in [-0.05, 0) is 29.8 Å². The number of nitrogens with one attached hydrogen (secondary N) is 1. The molecule has 0 amide bonds. The number of hydrogen-bond donors (Lipinski definition) is 1. The molecule has 5 rings (SSSR count). The van der Waals surface area contributed by atoms with Gasteiger partial charge in [-0.1, -0.05) is 42.5 Å². The molecule has 4 aromatic rings. The fraction of sp³-hybridized carbons (Fsp3) is 0.167. The number of aromatic amines is 1. The number of pyridine rings is 1. The van der Waals surface area contributed by atoms with Crippen LogP contribution < -0.4 is 0 Å². The van der Waals surface area contributed by atoms with E-state index in [1.165, 1.54) is 17.7 Å². The lowest BCUT2D eigenvalue weighted by Gasteiger charge is -2.38. The SMILES string of the molecule is Fc1cccc(-c2ccc(-c3cnc(C4CN(Cc5ccccc5)C4)[nH]3)cn2)c1. The molecule has 0 saturated carbocycles. The second-order valence-electron chi connectivity index (χ2n) is 7.50. The molecule has 0 aliphatic carbocycles. The number of halogens is 1. The molecule has 0 atom stereocenters. The van der Waals surface area contributed by atoms with E-state index in [1.54, 1.807) is 12.3 Å². The molecule has 0 bridgehead atoms. The Balaban J connectivity index is 1.24. The van der Waals surface area contributed by atoms with E-state index >= 15 is 0 Å². The van der Waals surface area contributed by atoms with Gasteiger partial charge in [-0.15, -0.1) is 0 Å². The highest BCUT2D eigenvalue weighted by Gasteiger charge is 2.30. The normalized spacial score (nSPS) is 14.7. The Kier molecular flexibility index (Phi) is 4.66. The zero-order valence-corrected chi connectivity index (χ0v) is 15.9. The predicted octanol–water partition coefficient (Wildman–Crippen LogP) is 4.88. The standard InChI is InChI=1S/C24H21FN4/c25-21-8-4-7-18(11-21)22-10-9-19(12-26-22)23-13-27-24(28-23)20-15-29(16-20)14-17-5-2-1-3-6-17/h1-13,20H,14-16H2,(H,27,28). The van der Waals surface area contributed by atoms with Gasteiger partial charge in [-0.25, -0.2) is 9.37 Å². The largest absolute Gasteiger partial charge is 0.342 e. The summed E-state index contributed by atoms with van der Waals surface area (Å²) in [7, 11) is 0. The third kappa shape index (κ3) is 3.82. The number of aromatic nitrogens is 3. The average Bonchev–Trinajstić information content (AvgIpc) is 3.21. The van der Waals surface area contributed by atoms with Gasteiger partial charge in [0, 0.05) is 42.9 Å². The van der Waals surface area contributed by atoms with Crippen LogP contribution in [0.3, 0.4) is 0 Å². The maximum atomic E-state index is 13.4. The van der Waals surface area contributed by atoms with Gasteiger partial charge in [-0.2, -0.15) is 0 Å². The maximum absolute atomic E-state index is 13.4. The van der Waals surface area contributed by atoms with Gasteiger partial charge in [0.15, 0.2) is 0 Å². The van der Waals surface area contributed by atoms with Crippen molar-refractivity contribution in [3.05, 3.63) is 96.3 Å². The minimum atomic E-state index is -0.256. The first kappa shape index (κ1) is 17.8. The first-order valence-corrected chi connectivity index (χ1v) is 9.78. The summed E-state index contributed by atoms with van der Waals surface area (Å²) in [5.74, 6) is 1.21. The summed E-state index contributed by atoms with van der Waals surface area (Å²) >= 11 is 0. The molecule has 1 aliphatic heterocycles. The van der Waals surface area contributed by atoms with E-state index in [0.29, 0.717) is 5.92 Å². The van der Waals surface area contributed by atoms with Crippen LogP contribution in [0.1, 0.15) is 17.3 Å². The van der Waals surface area contributed by atoms with Crippen LogP contribution in [-0.2, 0) is 6.54 Å². The van der Waals surface area contributed by atoms with Crippen molar-refractivity contribution in [1.29, 1.82) is 0 Å². The minimum absolute atomic E-state index is 0.256. The molecular formula is C24H21FN4. The Labute approximate surface area is 169 Å². The second kappa shape index (κ2) is 7.60. The first-order chi connectivity index (χ1) is 14.2. The van der Waals surface area contributed by atoms with Crippen LogP contribution in [0.25, 0.3) is 22.5 Å². The van der Waals surface area contributed by atoms with Crippen LogP contribution in [0.2, 0.25) is 0 Å². The quantitative estimate of drug-likeness (QED) is 0.534. The summed E-state index contributed by atoms with van der Waals surface area (Å²) in [6.45, 7) is 3.01. The molecule has 1 aliphatic rings. The van der Waals surface area contributed by atoms with Crippen LogP contribution >= 0.6 is 0 Å². The van der Waals surface area contributed by atoms with E-state index < -0.39 is 0 Å². The van der Waals surface area contributed by atoms with Crippen molar-refractivity contribution in [2.45, 2.75) is 12.5 Å². The van der Waals surface area contributed by atoms with Crippen LogP contribution in [0.5, 0.6) is 0 Å². The Morgan fingerprint density at radius 2 is 1.76 bits per heavy atom. The highest BCUT2D eigenvalue weighted by atomic mass is 19.1. The Morgan fingerprint density at radius 3 is 2.52 bits per heavy atom. The van der Waals surface area contributed by atoms with Crippen LogP contribution in [0, 0.1) is 5.82 Å². The van der Waals surface area contributed by atoms with E-state index in [-0.39, 0.29) is 5.82 Å². The zero-order chi connectivity index (χ0) is 19.6. The predicted molar refractivity (Wildman–Crippen MR) is 112 cm³/mol. The fourth-order valence-corrected chi connectivity index (χ4v) is 3.78. The lowest BCUT2D eigenvalue weighted by molar-refractivity contribution is 0.135. The van der Waals surface area contributed by atoms with Crippen molar-refractivity contribution in [2.75, 3.05) is 13.1 Å². The minimum Gasteiger partial charge on any atom is -0.342 e. The number of nitrogens with zero attached hydrogens (tertiary/aromatic N) is 3. The first-order valence-electron chi connectivity index (χ1n) is 9.78. The van der Waals surface area contributed by atoms with Crippen LogP contribution in [0.15, 0.2) is 79.1 Å². The lowest BCUT2D eigenvalue weighted by atomic mass is 9.98. The van der Waals surface area contributed by atoms with Crippen molar-refractivity contribution in [2.24, 2.45) is 0 Å². The molecule has 0 spiro atoms. The van der Waals surface area contributed by atoms with E-state index in [9.17, 15) is 4.39 Å². The number of imidazole rings is 1. The third-order valence-corrected chi connectivity index (χ3v) is 5.38. The Hall–Kier alpha value is -3.31. The summed E-state index contributed by atoms with van der Waals surface area (Å²) in [6, 6.07) is 20.9. The van der Waals surface area contributed by atoms with E-state index in [0.717, 1.165) is 48.0 Å². The van der Waals surface area contributed by atoms with Gasteiger partial charge in [0.05, 0.1) is 17.6 Å². The Morgan fingerprint density at radius 1 is 0.897 bits per heavy atom. The van der Waals surface area contributed by atoms with Crippen molar-refractivity contribution < 1.29 is 4.39 Å². The summed E-state index contributed by atoms with van der Waals surface area (Å²) in [5, 5.41) is 0. The molecule has 2 aromatic carbocycles. The highest BCUT2D eigenvalue weighted by molar-refractivity contribution is 5.64. The number of H-pyrrole nitrogens is 1. The number of hydrogen-bond acceptors (Lipinski definition) is 3. The topological polar surface area (TPSA) is 44.8 Å². The molecule has 0 radical (unpaired) electrons. The van der Waals surface area contributed by atoms with Crippen molar-refractivity contribution in [1.82, 2.24) is 19.9 Å². The van der Waals surface area contributed by atoms with Gasteiger partial charge >= 0.3 is 0 Å². The third-order valence-electron chi connectivity index (χ3n) is 5.38. The smallest absolute Gasteiger partial charge is 0.123 e. The molecule has 0 unspecified atom stereocenters. The number of likely N-dealkylation sites (tertiary alicyclic amines) is 1. The molecule has 1 saturated heterocycles. The van der Waals surface area contributed by atoms with Crippen molar-refractivity contribution in [3.63, 3.8) is 0 Å². The van der Waals surface area contributed by atoms with Gasteiger partial charge < -0.3 is 4.98 Å². The molecule has 29 heavy (non-hydrogen) atoms. The van der Waals surface area contributed by atoms with Crippen LogP contribution in [-0.4, -0.2) is 32.9 Å². The van der Waals surface area contributed by atoms with Gasteiger partial charge in [-0.3, -0.25) is 9.88 Å². The van der Waals surface area contributed by atoms with Gasteiger partial charge in [0.1, 0.15) is 11.6 Å². The van der Waals surface area contributed by atoms with E-state index in [4.69, 9.17) is 0 Å². The van der Waals surface area contributed by atoms with Crippen LogP contribution in [0.4, 0.5) is 4.39 Å². The molecular weight excluding hydrogens is 363 g/mol. The lowest BCUT2D eigenvalue weighted by Crippen LogP contribution is -2.44.